The molecule has 0 aliphatic carbocycles. The fourth-order valence-corrected chi connectivity index (χ4v) is 0. The standard InChI is InChI=1S/C2H2Cl4.C2H3Cl3/c3-1(4)2(5)6;1-2(3,4)5/h1-2H;1H3. The molecular formula is C4H5Cl7. The summed E-state index contributed by atoms with van der Waals surface area (Å²) in [5, 5.41) is 0. The summed E-state index contributed by atoms with van der Waals surface area (Å²) in [6, 6.07) is 0. The topological polar surface area (TPSA) is 0 Å². The Bertz CT molecular complexity index is 70.9. The zero-order valence-corrected chi connectivity index (χ0v) is 10.6. The molecule has 0 aromatic carbocycles. The van der Waals surface area contributed by atoms with Crippen LogP contribution in [0.5, 0.6) is 0 Å². The number of hydrogen-bond donors (Lipinski definition) is 0. The van der Waals surface area contributed by atoms with Crippen LogP contribution in [-0.2, 0) is 0 Å². The van der Waals surface area contributed by atoms with Gasteiger partial charge in [0.1, 0.15) is 9.67 Å². The smallest absolute Gasteiger partial charge is 0.102 e. The summed E-state index contributed by atoms with van der Waals surface area (Å²) in [6.45, 7) is 1.48. The molecule has 0 saturated heterocycles. The van der Waals surface area contributed by atoms with Crippen molar-refractivity contribution in [2.75, 3.05) is 0 Å². The van der Waals surface area contributed by atoms with Gasteiger partial charge >= 0.3 is 0 Å². The Morgan fingerprint density at radius 3 is 0.909 bits per heavy atom. The fraction of sp³-hybridized carbons (Fsp3) is 1.00. The Balaban J connectivity index is 0. The van der Waals surface area contributed by atoms with Gasteiger partial charge in [-0.15, -0.1) is 46.4 Å². The van der Waals surface area contributed by atoms with Crippen molar-refractivity contribution in [3.8, 4) is 0 Å². The van der Waals surface area contributed by atoms with Gasteiger partial charge in [0.15, 0.2) is 3.79 Å². The van der Waals surface area contributed by atoms with Gasteiger partial charge in [0, 0.05) is 0 Å². The highest BCUT2D eigenvalue weighted by atomic mass is 35.6. The van der Waals surface area contributed by atoms with Crippen LogP contribution in [0.4, 0.5) is 0 Å². The van der Waals surface area contributed by atoms with Gasteiger partial charge in [-0.05, 0) is 6.92 Å². The summed E-state index contributed by atoms with van der Waals surface area (Å²) in [7, 11) is 0. The summed E-state index contributed by atoms with van der Waals surface area (Å²) in [5.41, 5.74) is 0. The van der Waals surface area contributed by atoms with Gasteiger partial charge in [-0.25, -0.2) is 0 Å². The lowest BCUT2D eigenvalue weighted by atomic mass is 10.9. The Morgan fingerprint density at radius 1 is 0.818 bits per heavy atom. The summed E-state index contributed by atoms with van der Waals surface area (Å²) in [4.78, 5) is -1.35. The van der Waals surface area contributed by atoms with Gasteiger partial charge in [-0.2, -0.15) is 0 Å². The van der Waals surface area contributed by atoms with E-state index in [0.717, 1.165) is 0 Å². The average molecular weight is 301 g/mol. The maximum Gasteiger partial charge on any atom is 0.187 e. The van der Waals surface area contributed by atoms with Crippen LogP contribution in [0.3, 0.4) is 0 Å². The van der Waals surface area contributed by atoms with Crippen LogP contribution >= 0.6 is 81.2 Å². The first-order chi connectivity index (χ1) is 4.64. The molecule has 0 nitrogen and oxygen atoms in total. The molecule has 0 aromatic heterocycles. The number of rotatable bonds is 1. The minimum absolute atomic E-state index is 0.673. The average Bonchev–Trinajstić information content (AvgIpc) is 1.59. The zero-order chi connectivity index (χ0) is 9.65. The van der Waals surface area contributed by atoms with E-state index in [1.165, 1.54) is 6.92 Å². The first-order valence-electron chi connectivity index (χ1n) is 2.27. The second-order valence-corrected chi connectivity index (χ2v) is 6.63. The quantitative estimate of drug-likeness (QED) is 0.600. The Labute approximate surface area is 101 Å². The maximum atomic E-state index is 5.11. The van der Waals surface area contributed by atoms with E-state index in [0.29, 0.717) is 0 Å². The molecule has 0 amide bonds. The summed E-state index contributed by atoms with van der Waals surface area (Å²) < 4.78 is -1.08. The molecule has 0 saturated carbocycles. The molecule has 0 rings (SSSR count). The lowest BCUT2D eigenvalue weighted by Gasteiger charge is -1.95. The second kappa shape index (κ2) is 7.44. The zero-order valence-electron chi connectivity index (χ0n) is 5.30. The number of hydrogen-bond acceptors (Lipinski definition) is 0. The highest BCUT2D eigenvalue weighted by Gasteiger charge is 2.07. The molecular weight excluding hydrogens is 296 g/mol. The normalized spacial score (nSPS) is 11.5. The Kier molecular flexibility index (Phi) is 10.5. The van der Waals surface area contributed by atoms with E-state index in [-0.39, 0.29) is 0 Å². The van der Waals surface area contributed by atoms with Gasteiger partial charge in [-0.3, -0.25) is 0 Å². The van der Waals surface area contributed by atoms with Crippen molar-refractivity contribution in [1.82, 2.24) is 0 Å². The minimum Gasteiger partial charge on any atom is -0.102 e. The van der Waals surface area contributed by atoms with E-state index in [2.05, 4.69) is 0 Å². The van der Waals surface area contributed by atoms with Crippen LogP contribution in [0.15, 0.2) is 0 Å². The summed E-state index contributed by atoms with van der Waals surface area (Å²) >= 11 is 35.6. The molecule has 70 valence electrons. The van der Waals surface area contributed by atoms with Crippen molar-refractivity contribution < 1.29 is 0 Å². The molecule has 0 aliphatic rings. The summed E-state index contributed by atoms with van der Waals surface area (Å²) in [6.07, 6.45) is 0. The van der Waals surface area contributed by atoms with E-state index in [1.807, 2.05) is 0 Å². The molecule has 0 aromatic rings. The monoisotopic (exact) mass is 298 g/mol. The predicted molar refractivity (Wildman–Crippen MR) is 57.0 cm³/mol. The largest absolute Gasteiger partial charge is 0.187 e. The number of halogens is 7. The lowest BCUT2D eigenvalue weighted by Crippen LogP contribution is -1.96. The van der Waals surface area contributed by atoms with Crippen LogP contribution in [0.2, 0.25) is 0 Å². The van der Waals surface area contributed by atoms with Gasteiger partial charge < -0.3 is 0 Å². The van der Waals surface area contributed by atoms with Crippen LogP contribution in [0.25, 0.3) is 0 Å². The van der Waals surface area contributed by atoms with Crippen molar-refractivity contribution in [1.29, 1.82) is 0 Å². The molecule has 0 heterocycles. The van der Waals surface area contributed by atoms with E-state index in [1.54, 1.807) is 0 Å². The molecule has 0 aliphatic heterocycles. The third-order valence-corrected chi connectivity index (χ3v) is 1.71. The van der Waals surface area contributed by atoms with Crippen molar-refractivity contribution in [2.24, 2.45) is 0 Å². The van der Waals surface area contributed by atoms with Gasteiger partial charge in [0.25, 0.3) is 0 Å². The second-order valence-electron chi connectivity index (χ2n) is 1.45. The molecule has 0 atom stereocenters. The van der Waals surface area contributed by atoms with Crippen molar-refractivity contribution in [3.05, 3.63) is 0 Å². The maximum absolute atomic E-state index is 5.11. The molecule has 0 N–H and O–H groups in total. The van der Waals surface area contributed by atoms with E-state index < -0.39 is 13.5 Å². The van der Waals surface area contributed by atoms with Crippen molar-refractivity contribution in [2.45, 2.75) is 20.4 Å². The van der Waals surface area contributed by atoms with Gasteiger partial charge in [0.05, 0.1) is 0 Å². The van der Waals surface area contributed by atoms with E-state index in [9.17, 15) is 0 Å². The first-order valence-corrected chi connectivity index (χ1v) is 5.15. The third kappa shape index (κ3) is 33.3. The first kappa shape index (κ1) is 15.5. The molecule has 0 unspecified atom stereocenters. The van der Waals surface area contributed by atoms with Crippen LogP contribution in [0.1, 0.15) is 6.92 Å². The van der Waals surface area contributed by atoms with E-state index in [4.69, 9.17) is 81.2 Å². The Hall–Kier alpha value is 2.03. The van der Waals surface area contributed by atoms with Crippen LogP contribution < -0.4 is 0 Å². The highest BCUT2D eigenvalue weighted by molar-refractivity contribution is 6.67. The van der Waals surface area contributed by atoms with E-state index >= 15 is 0 Å². The van der Waals surface area contributed by atoms with Gasteiger partial charge in [0.2, 0.25) is 0 Å². The Morgan fingerprint density at radius 2 is 0.909 bits per heavy atom. The van der Waals surface area contributed by atoms with Crippen LogP contribution in [-0.4, -0.2) is 13.5 Å². The highest BCUT2D eigenvalue weighted by Crippen LogP contribution is 2.23. The number of alkyl halides is 7. The fourth-order valence-electron chi connectivity index (χ4n) is 0. The molecule has 0 bridgehead atoms. The van der Waals surface area contributed by atoms with Gasteiger partial charge in [-0.1, -0.05) is 34.8 Å². The van der Waals surface area contributed by atoms with Crippen molar-refractivity contribution in [3.63, 3.8) is 0 Å². The summed E-state index contributed by atoms with van der Waals surface area (Å²) in [5.74, 6) is 0. The molecule has 0 spiro atoms. The third-order valence-electron chi connectivity index (χ3n) is 0.190. The van der Waals surface area contributed by atoms with Crippen LogP contribution in [0, 0.1) is 0 Å². The molecule has 7 heteroatoms. The predicted octanol–water partition coefficient (Wildman–Crippen LogP) is 4.97. The molecule has 0 fully saturated rings. The SMILES string of the molecule is CC(Cl)(Cl)Cl.ClC(Cl)C(Cl)Cl. The molecule has 11 heavy (non-hydrogen) atoms. The van der Waals surface area contributed by atoms with Crippen molar-refractivity contribution >= 4 is 81.2 Å². The minimum atomic E-state index is -1.08. The molecule has 0 radical (unpaired) electrons. The lowest BCUT2D eigenvalue weighted by molar-refractivity contribution is 1.27.